The minimum atomic E-state index is -0.790. The van der Waals surface area contributed by atoms with Crippen LogP contribution < -0.4 is 10.5 Å². The van der Waals surface area contributed by atoms with E-state index >= 15 is 0 Å². The standard InChI is InChI=1S/C24H20BrCl2NO5/c1-31-24(30)22-20(21-17(29)3-2-4-19(21)33-23(22)28)15-9-13(25)6-8-18(15)32-11-12-5-7-14(26)10-16(12)27/h5-10,20H,2-4,11,28H2,1H3/t20-/m1/s1. The van der Waals surface area contributed by atoms with Gasteiger partial charge in [-0.2, -0.15) is 0 Å². The summed E-state index contributed by atoms with van der Waals surface area (Å²) >= 11 is 15.8. The van der Waals surface area contributed by atoms with Crippen molar-refractivity contribution in [2.75, 3.05) is 7.11 Å². The molecule has 0 unspecified atom stereocenters. The first kappa shape index (κ1) is 23.7. The summed E-state index contributed by atoms with van der Waals surface area (Å²) < 4.78 is 17.6. The first-order chi connectivity index (χ1) is 15.8. The van der Waals surface area contributed by atoms with Gasteiger partial charge in [0.1, 0.15) is 23.7 Å². The van der Waals surface area contributed by atoms with Crippen LogP contribution in [0.1, 0.15) is 36.3 Å². The zero-order chi connectivity index (χ0) is 23.7. The van der Waals surface area contributed by atoms with Crippen LogP contribution >= 0.6 is 39.1 Å². The van der Waals surface area contributed by atoms with Gasteiger partial charge in [0, 0.05) is 44.1 Å². The predicted octanol–water partition coefficient (Wildman–Crippen LogP) is 5.80. The number of rotatable bonds is 5. The van der Waals surface area contributed by atoms with Gasteiger partial charge in [-0.25, -0.2) is 4.79 Å². The van der Waals surface area contributed by atoms with Crippen molar-refractivity contribution < 1.29 is 23.8 Å². The van der Waals surface area contributed by atoms with Gasteiger partial charge in [-0.05, 0) is 36.8 Å². The molecule has 6 nitrogen and oxygen atoms in total. The van der Waals surface area contributed by atoms with E-state index < -0.39 is 11.9 Å². The number of carbonyl (C=O) groups is 2. The van der Waals surface area contributed by atoms with Crippen molar-refractivity contribution in [1.82, 2.24) is 0 Å². The molecule has 2 aromatic carbocycles. The molecule has 0 amide bonds. The summed E-state index contributed by atoms with van der Waals surface area (Å²) in [5.74, 6) is -0.686. The number of benzene rings is 2. The van der Waals surface area contributed by atoms with Crippen LogP contribution in [0.25, 0.3) is 0 Å². The minimum Gasteiger partial charge on any atom is -0.489 e. The Kier molecular flexibility index (Phi) is 7.02. The maximum Gasteiger partial charge on any atom is 0.340 e. The highest BCUT2D eigenvalue weighted by Crippen LogP contribution is 2.47. The van der Waals surface area contributed by atoms with Crippen molar-refractivity contribution in [1.29, 1.82) is 0 Å². The predicted molar refractivity (Wildman–Crippen MR) is 128 cm³/mol. The first-order valence-corrected chi connectivity index (χ1v) is 11.7. The van der Waals surface area contributed by atoms with Crippen LogP contribution in [0.2, 0.25) is 10.0 Å². The summed E-state index contributed by atoms with van der Waals surface area (Å²) in [6.45, 7) is 0.153. The van der Waals surface area contributed by atoms with Crippen molar-refractivity contribution in [3.63, 3.8) is 0 Å². The maximum absolute atomic E-state index is 13.0. The number of ether oxygens (including phenoxy) is 3. The van der Waals surface area contributed by atoms with Crippen LogP contribution in [0.5, 0.6) is 5.75 Å². The lowest BCUT2D eigenvalue weighted by Crippen LogP contribution is -2.31. The number of hydrogen-bond acceptors (Lipinski definition) is 6. The average Bonchev–Trinajstić information content (AvgIpc) is 2.78. The van der Waals surface area contributed by atoms with Gasteiger partial charge in [0.25, 0.3) is 0 Å². The highest BCUT2D eigenvalue weighted by Gasteiger charge is 2.42. The van der Waals surface area contributed by atoms with Gasteiger partial charge < -0.3 is 19.9 Å². The molecule has 2 N–H and O–H groups in total. The lowest BCUT2D eigenvalue weighted by Gasteiger charge is -2.33. The highest BCUT2D eigenvalue weighted by atomic mass is 79.9. The Labute approximate surface area is 209 Å². The second-order valence-electron chi connectivity index (χ2n) is 7.62. The minimum absolute atomic E-state index is 0.0685. The van der Waals surface area contributed by atoms with Crippen molar-refractivity contribution in [2.24, 2.45) is 5.73 Å². The number of halogens is 3. The van der Waals surface area contributed by atoms with Crippen LogP contribution in [0, 0.1) is 0 Å². The lowest BCUT2D eigenvalue weighted by atomic mass is 9.77. The van der Waals surface area contributed by atoms with Crippen LogP contribution in [0.4, 0.5) is 0 Å². The third-order valence-electron chi connectivity index (χ3n) is 5.57. The van der Waals surface area contributed by atoms with E-state index in [1.165, 1.54) is 7.11 Å². The Morgan fingerprint density at radius 3 is 2.73 bits per heavy atom. The van der Waals surface area contributed by atoms with Gasteiger partial charge >= 0.3 is 5.97 Å². The average molecular weight is 553 g/mol. The molecule has 1 aliphatic carbocycles. The molecule has 0 bridgehead atoms. The number of Topliss-reactive ketones (excluding diaryl/α,β-unsaturated/α-hetero) is 1. The molecule has 9 heteroatoms. The van der Waals surface area contributed by atoms with E-state index in [4.69, 9.17) is 43.1 Å². The molecule has 1 aliphatic heterocycles. The van der Waals surface area contributed by atoms with Gasteiger partial charge in [0.15, 0.2) is 5.78 Å². The summed E-state index contributed by atoms with van der Waals surface area (Å²) in [5, 5.41) is 0.993. The van der Waals surface area contributed by atoms with E-state index in [9.17, 15) is 9.59 Å². The van der Waals surface area contributed by atoms with E-state index in [1.807, 2.05) is 6.07 Å². The lowest BCUT2D eigenvalue weighted by molar-refractivity contribution is -0.136. The second-order valence-corrected chi connectivity index (χ2v) is 9.38. The fraction of sp³-hybridized carbons (Fsp3) is 0.250. The summed E-state index contributed by atoms with van der Waals surface area (Å²) in [6.07, 6.45) is 1.57. The molecule has 2 aliphatic rings. The van der Waals surface area contributed by atoms with E-state index in [2.05, 4.69) is 15.9 Å². The number of allylic oxidation sites excluding steroid dienone is 2. The topological polar surface area (TPSA) is 87.9 Å². The smallest absolute Gasteiger partial charge is 0.340 e. The molecule has 1 heterocycles. The second kappa shape index (κ2) is 9.79. The molecular formula is C24H20BrCl2NO5. The molecule has 0 fully saturated rings. The molecule has 33 heavy (non-hydrogen) atoms. The number of carbonyl (C=O) groups excluding carboxylic acids is 2. The monoisotopic (exact) mass is 551 g/mol. The van der Waals surface area contributed by atoms with Crippen LogP contribution in [-0.2, 0) is 25.7 Å². The molecule has 2 aromatic rings. The van der Waals surface area contributed by atoms with Crippen molar-refractivity contribution in [3.8, 4) is 5.75 Å². The van der Waals surface area contributed by atoms with E-state index in [0.29, 0.717) is 52.0 Å². The largest absolute Gasteiger partial charge is 0.489 e. The Morgan fingerprint density at radius 2 is 2.00 bits per heavy atom. The number of methoxy groups -OCH3 is 1. The Balaban J connectivity index is 1.81. The molecule has 1 atom stereocenters. The van der Waals surface area contributed by atoms with Crippen LogP contribution in [-0.4, -0.2) is 18.9 Å². The number of nitrogens with two attached hydrogens (primary N) is 1. The van der Waals surface area contributed by atoms with E-state index in [-0.39, 0.29) is 23.8 Å². The quantitative estimate of drug-likeness (QED) is 0.472. The van der Waals surface area contributed by atoms with Gasteiger partial charge in [0.05, 0.1) is 13.0 Å². The summed E-state index contributed by atoms with van der Waals surface area (Å²) in [6, 6.07) is 10.5. The fourth-order valence-electron chi connectivity index (χ4n) is 4.05. The zero-order valence-corrected chi connectivity index (χ0v) is 20.7. The third kappa shape index (κ3) is 4.76. The van der Waals surface area contributed by atoms with Crippen LogP contribution in [0.15, 0.2) is 63.7 Å². The van der Waals surface area contributed by atoms with Crippen LogP contribution in [0.3, 0.4) is 0 Å². The van der Waals surface area contributed by atoms with Gasteiger partial charge in [0.2, 0.25) is 5.88 Å². The van der Waals surface area contributed by atoms with E-state index in [0.717, 1.165) is 10.0 Å². The number of esters is 1. The molecule has 0 saturated heterocycles. The Hall–Kier alpha value is -2.48. The van der Waals surface area contributed by atoms with Crippen molar-refractivity contribution in [2.45, 2.75) is 31.8 Å². The molecule has 0 saturated carbocycles. The molecule has 0 radical (unpaired) electrons. The Bertz CT molecular complexity index is 1210. The number of hydrogen-bond donors (Lipinski definition) is 1. The summed E-state index contributed by atoms with van der Waals surface area (Å²) in [4.78, 5) is 25.7. The normalized spacial score (nSPS) is 18.1. The molecule has 0 spiro atoms. The fourth-order valence-corrected chi connectivity index (χ4v) is 4.89. The molecular weight excluding hydrogens is 533 g/mol. The van der Waals surface area contributed by atoms with Gasteiger partial charge in [-0.1, -0.05) is 45.2 Å². The summed E-state index contributed by atoms with van der Waals surface area (Å²) in [5.41, 5.74) is 7.95. The molecule has 172 valence electrons. The summed E-state index contributed by atoms with van der Waals surface area (Å²) in [7, 11) is 1.26. The first-order valence-electron chi connectivity index (χ1n) is 10.2. The van der Waals surface area contributed by atoms with E-state index in [1.54, 1.807) is 30.3 Å². The highest BCUT2D eigenvalue weighted by molar-refractivity contribution is 9.10. The van der Waals surface area contributed by atoms with Crippen molar-refractivity contribution in [3.05, 3.63) is 84.8 Å². The van der Waals surface area contributed by atoms with Crippen molar-refractivity contribution >= 4 is 50.9 Å². The molecule has 0 aromatic heterocycles. The SMILES string of the molecule is COC(=O)C1=C(N)OC2=C(C(=O)CCC2)[C@H]1c1cc(Br)ccc1OCc1ccc(Cl)cc1Cl. The third-order valence-corrected chi connectivity index (χ3v) is 6.65. The molecule has 4 rings (SSSR count). The van der Waals surface area contributed by atoms with Gasteiger partial charge in [-0.3, -0.25) is 4.79 Å². The van der Waals surface area contributed by atoms with Gasteiger partial charge in [-0.15, -0.1) is 0 Å². The zero-order valence-electron chi connectivity index (χ0n) is 17.6. The Morgan fingerprint density at radius 1 is 1.21 bits per heavy atom. The number of ketones is 1. The maximum atomic E-state index is 13.0.